The predicted octanol–water partition coefficient (Wildman–Crippen LogP) is 0.381. The van der Waals surface area contributed by atoms with Crippen LogP contribution in [-0.2, 0) is 14.3 Å². The van der Waals surface area contributed by atoms with Gasteiger partial charge in [-0.2, -0.15) is 0 Å². The summed E-state index contributed by atoms with van der Waals surface area (Å²) in [6.07, 6.45) is 7.37. The number of rotatable bonds is 7. The fraction of sp³-hybridized carbons (Fsp3) is 0.786. The number of terminal acetylenes is 1. The molecule has 0 saturated carbocycles. The van der Waals surface area contributed by atoms with Gasteiger partial charge in [0.05, 0.1) is 25.4 Å². The number of likely N-dealkylation sites (tertiary alicyclic amines) is 1. The van der Waals surface area contributed by atoms with E-state index in [1.54, 1.807) is 4.90 Å². The Morgan fingerprint density at radius 1 is 1.47 bits per heavy atom. The van der Waals surface area contributed by atoms with Crippen LogP contribution in [0, 0.1) is 12.3 Å². The van der Waals surface area contributed by atoms with E-state index in [2.05, 4.69) is 5.92 Å². The highest BCUT2D eigenvalue weighted by atomic mass is 16.5. The standard InChI is InChI=1S/C14H24N2O3/c1-3-5-13(15)14(17)16-8-6-12(7-9-16)19-11-10-18-4-2/h1,12-13H,4-11,15H2,2H3. The lowest BCUT2D eigenvalue weighted by molar-refractivity contribution is -0.135. The molecule has 0 aromatic heterocycles. The second-order valence-corrected chi connectivity index (χ2v) is 4.61. The van der Waals surface area contributed by atoms with Gasteiger partial charge >= 0.3 is 0 Å². The highest BCUT2D eigenvalue weighted by molar-refractivity contribution is 5.82. The van der Waals surface area contributed by atoms with E-state index in [4.69, 9.17) is 21.6 Å². The summed E-state index contributed by atoms with van der Waals surface area (Å²) in [5.74, 6) is 2.37. The first-order valence-corrected chi connectivity index (χ1v) is 6.86. The van der Waals surface area contributed by atoms with Crippen LogP contribution in [0.4, 0.5) is 0 Å². The summed E-state index contributed by atoms with van der Waals surface area (Å²) >= 11 is 0. The van der Waals surface area contributed by atoms with E-state index in [0.29, 0.717) is 39.3 Å². The van der Waals surface area contributed by atoms with Crippen molar-refractivity contribution in [3.63, 3.8) is 0 Å². The molecule has 1 rings (SSSR count). The molecule has 0 aromatic rings. The summed E-state index contributed by atoms with van der Waals surface area (Å²) < 4.78 is 10.9. The fourth-order valence-corrected chi connectivity index (χ4v) is 2.11. The monoisotopic (exact) mass is 268 g/mol. The molecule has 5 heteroatoms. The van der Waals surface area contributed by atoms with Crippen molar-refractivity contribution in [2.45, 2.75) is 38.3 Å². The zero-order valence-corrected chi connectivity index (χ0v) is 11.6. The summed E-state index contributed by atoms with van der Waals surface area (Å²) in [7, 11) is 0. The minimum absolute atomic E-state index is 0.0503. The molecule has 0 aromatic carbocycles. The third-order valence-electron chi connectivity index (χ3n) is 3.19. The van der Waals surface area contributed by atoms with E-state index >= 15 is 0 Å². The lowest BCUT2D eigenvalue weighted by Crippen LogP contribution is -2.48. The molecule has 0 bridgehead atoms. The first-order valence-electron chi connectivity index (χ1n) is 6.86. The van der Waals surface area contributed by atoms with Crippen LogP contribution in [0.15, 0.2) is 0 Å². The maximum atomic E-state index is 11.9. The van der Waals surface area contributed by atoms with Crippen LogP contribution < -0.4 is 5.73 Å². The number of ether oxygens (including phenoxy) is 2. The Balaban J connectivity index is 2.21. The van der Waals surface area contributed by atoms with Gasteiger partial charge in [-0.05, 0) is 19.8 Å². The average Bonchev–Trinajstić information content (AvgIpc) is 2.44. The fourth-order valence-electron chi connectivity index (χ4n) is 2.11. The number of hydrogen-bond donors (Lipinski definition) is 1. The molecule has 108 valence electrons. The molecule has 2 N–H and O–H groups in total. The molecule has 1 aliphatic rings. The quantitative estimate of drug-likeness (QED) is 0.535. The molecule has 1 amide bonds. The van der Waals surface area contributed by atoms with Gasteiger partial charge < -0.3 is 20.1 Å². The van der Waals surface area contributed by atoms with Gasteiger partial charge in [0.15, 0.2) is 0 Å². The topological polar surface area (TPSA) is 64.8 Å². The minimum Gasteiger partial charge on any atom is -0.379 e. The van der Waals surface area contributed by atoms with E-state index < -0.39 is 6.04 Å². The van der Waals surface area contributed by atoms with E-state index in [0.717, 1.165) is 12.8 Å². The molecule has 0 radical (unpaired) electrons. The number of nitrogens with two attached hydrogens (primary N) is 1. The van der Waals surface area contributed by atoms with Crippen LogP contribution in [0.3, 0.4) is 0 Å². The summed E-state index contributed by atoms with van der Waals surface area (Å²) in [6, 6.07) is -0.569. The second kappa shape index (κ2) is 8.92. The van der Waals surface area contributed by atoms with Gasteiger partial charge in [-0.3, -0.25) is 4.79 Å². The Morgan fingerprint density at radius 3 is 2.74 bits per heavy atom. The predicted molar refractivity (Wildman–Crippen MR) is 73.5 cm³/mol. The Morgan fingerprint density at radius 2 is 2.16 bits per heavy atom. The SMILES string of the molecule is C#CCC(N)C(=O)N1CCC(OCCOCC)CC1. The Hall–Kier alpha value is -1.09. The summed E-state index contributed by atoms with van der Waals surface area (Å²) in [4.78, 5) is 13.7. The highest BCUT2D eigenvalue weighted by Gasteiger charge is 2.26. The van der Waals surface area contributed by atoms with Crippen LogP contribution in [0.25, 0.3) is 0 Å². The van der Waals surface area contributed by atoms with Crippen LogP contribution in [0.1, 0.15) is 26.2 Å². The Kier molecular flexibility index (Phi) is 7.49. The summed E-state index contributed by atoms with van der Waals surface area (Å²) in [5.41, 5.74) is 5.73. The van der Waals surface area contributed by atoms with Crippen molar-refractivity contribution in [2.75, 3.05) is 32.9 Å². The molecule has 0 aliphatic carbocycles. The van der Waals surface area contributed by atoms with E-state index in [1.807, 2.05) is 6.92 Å². The molecule has 1 heterocycles. The van der Waals surface area contributed by atoms with Gasteiger partial charge in [-0.15, -0.1) is 12.3 Å². The smallest absolute Gasteiger partial charge is 0.240 e. The van der Waals surface area contributed by atoms with Crippen molar-refractivity contribution < 1.29 is 14.3 Å². The maximum absolute atomic E-state index is 11.9. The van der Waals surface area contributed by atoms with Gasteiger partial charge in [-0.25, -0.2) is 0 Å². The number of piperidine rings is 1. The lowest BCUT2D eigenvalue weighted by Gasteiger charge is -2.33. The molecular formula is C14H24N2O3. The normalized spacial score (nSPS) is 18.1. The highest BCUT2D eigenvalue weighted by Crippen LogP contribution is 2.14. The Bertz CT molecular complexity index is 306. The molecule has 19 heavy (non-hydrogen) atoms. The van der Waals surface area contributed by atoms with Crippen molar-refractivity contribution >= 4 is 5.91 Å². The van der Waals surface area contributed by atoms with Crippen molar-refractivity contribution in [3.8, 4) is 12.3 Å². The van der Waals surface area contributed by atoms with Crippen LogP contribution in [0.2, 0.25) is 0 Å². The molecule has 1 aliphatic heterocycles. The number of carbonyl (C=O) groups excluding carboxylic acids is 1. The molecule has 0 spiro atoms. The Labute approximate surface area is 115 Å². The van der Waals surface area contributed by atoms with E-state index in [1.165, 1.54) is 0 Å². The van der Waals surface area contributed by atoms with Crippen molar-refractivity contribution in [1.29, 1.82) is 0 Å². The number of amides is 1. The van der Waals surface area contributed by atoms with E-state index in [9.17, 15) is 4.79 Å². The third-order valence-corrected chi connectivity index (χ3v) is 3.19. The number of nitrogens with zero attached hydrogens (tertiary/aromatic N) is 1. The minimum atomic E-state index is -0.569. The van der Waals surface area contributed by atoms with Crippen LogP contribution >= 0.6 is 0 Å². The van der Waals surface area contributed by atoms with Gasteiger partial charge in [0.2, 0.25) is 5.91 Å². The largest absolute Gasteiger partial charge is 0.379 e. The molecule has 5 nitrogen and oxygen atoms in total. The molecule has 1 saturated heterocycles. The maximum Gasteiger partial charge on any atom is 0.240 e. The van der Waals surface area contributed by atoms with Crippen molar-refractivity contribution in [1.82, 2.24) is 4.90 Å². The molecule has 1 fully saturated rings. The first kappa shape index (κ1) is 16.0. The van der Waals surface area contributed by atoms with Gasteiger partial charge in [-0.1, -0.05) is 0 Å². The van der Waals surface area contributed by atoms with Crippen molar-refractivity contribution in [2.24, 2.45) is 5.73 Å². The number of carbonyl (C=O) groups is 1. The third kappa shape index (κ3) is 5.60. The summed E-state index contributed by atoms with van der Waals surface area (Å²) in [5, 5.41) is 0. The van der Waals surface area contributed by atoms with Crippen molar-refractivity contribution in [3.05, 3.63) is 0 Å². The average molecular weight is 268 g/mol. The van der Waals surface area contributed by atoms with Gasteiger partial charge in [0, 0.05) is 26.1 Å². The van der Waals surface area contributed by atoms with Crippen LogP contribution in [0.5, 0.6) is 0 Å². The zero-order valence-electron chi connectivity index (χ0n) is 11.6. The van der Waals surface area contributed by atoms with Gasteiger partial charge in [0.25, 0.3) is 0 Å². The van der Waals surface area contributed by atoms with E-state index in [-0.39, 0.29) is 12.0 Å². The lowest BCUT2D eigenvalue weighted by atomic mass is 10.1. The van der Waals surface area contributed by atoms with Gasteiger partial charge in [0.1, 0.15) is 0 Å². The molecular weight excluding hydrogens is 244 g/mol. The number of hydrogen-bond acceptors (Lipinski definition) is 4. The zero-order chi connectivity index (χ0) is 14.1. The second-order valence-electron chi connectivity index (χ2n) is 4.61. The molecule has 1 unspecified atom stereocenters. The molecule has 1 atom stereocenters. The summed E-state index contributed by atoms with van der Waals surface area (Å²) in [6.45, 7) is 5.30. The van der Waals surface area contributed by atoms with Crippen LogP contribution in [-0.4, -0.2) is 55.9 Å². The first-order chi connectivity index (χ1) is 9.19.